The second-order valence-electron chi connectivity index (χ2n) is 7.12. The minimum absolute atomic E-state index is 0.0336. The highest BCUT2D eigenvalue weighted by atomic mass is 16.3. The van der Waals surface area contributed by atoms with Crippen LogP contribution in [0, 0.1) is 0 Å². The lowest BCUT2D eigenvalue weighted by atomic mass is 9.94. The molecule has 6 nitrogen and oxygen atoms in total. The van der Waals surface area contributed by atoms with Crippen molar-refractivity contribution < 1.29 is 9.90 Å². The smallest absolute Gasteiger partial charge is 0.253 e. The highest BCUT2D eigenvalue weighted by molar-refractivity contribution is 5.94. The van der Waals surface area contributed by atoms with Crippen LogP contribution in [-0.4, -0.2) is 69.7 Å². The van der Waals surface area contributed by atoms with Gasteiger partial charge in [0.1, 0.15) is 0 Å². The first-order valence-electron chi connectivity index (χ1n) is 8.72. The molecule has 0 bridgehead atoms. The van der Waals surface area contributed by atoms with E-state index in [1.807, 2.05) is 58.9 Å². The fourth-order valence-corrected chi connectivity index (χ4v) is 3.50. The predicted octanol–water partition coefficient (Wildman–Crippen LogP) is 1.79. The van der Waals surface area contributed by atoms with Crippen LogP contribution in [0.5, 0.6) is 0 Å². The summed E-state index contributed by atoms with van der Waals surface area (Å²) in [6, 6.07) is 7.56. The number of hydrogen-bond acceptors (Lipinski definition) is 4. The monoisotopic (exact) mass is 342 g/mol. The Labute approximate surface area is 148 Å². The van der Waals surface area contributed by atoms with Crippen LogP contribution in [0.4, 0.5) is 0 Å². The van der Waals surface area contributed by atoms with E-state index >= 15 is 0 Å². The molecule has 25 heavy (non-hydrogen) atoms. The van der Waals surface area contributed by atoms with Crippen LogP contribution < -0.4 is 0 Å². The first kappa shape index (κ1) is 17.6. The maximum absolute atomic E-state index is 12.8. The summed E-state index contributed by atoms with van der Waals surface area (Å²) in [5.41, 5.74) is 0.955. The highest BCUT2D eigenvalue weighted by Crippen LogP contribution is 2.24. The molecular formula is C19H26N4O2. The third-order valence-electron chi connectivity index (χ3n) is 4.73. The summed E-state index contributed by atoms with van der Waals surface area (Å²) in [6.45, 7) is 1.92. The fourth-order valence-electron chi connectivity index (χ4n) is 3.50. The molecule has 2 heterocycles. The molecule has 6 heteroatoms. The Morgan fingerprint density at radius 3 is 2.64 bits per heavy atom. The van der Waals surface area contributed by atoms with Gasteiger partial charge in [-0.2, -0.15) is 0 Å². The minimum Gasteiger partial charge on any atom is -0.388 e. The van der Waals surface area contributed by atoms with Crippen LogP contribution in [0.25, 0.3) is 5.69 Å². The average molecular weight is 342 g/mol. The Kier molecular flexibility index (Phi) is 5.20. The third kappa shape index (κ3) is 4.27. The van der Waals surface area contributed by atoms with Crippen molar-refractivity contribution in [3.8, 4) is 5.69 Å². The molecular weight excluding hydrogens is 316 g/mol. The van der Waals surface area contributed by atoms with Gasteiger partial charge < -0.3 is 19.5 Å². The molecule has 0 saturated carbocycles. The number of carbonyl (C=O) groups excluding carboxylic acids is 1. The van der Waals surface area contributed by atoms with Gasteiger partial charge in [-0.3, -0.25) is 4.79 Å². The summed E-state index contributed by atoms with van der Waals surface area (Å²) in [5.74, 6) is 0.0336. The van der Waals surface area contributed by atoms with Crippen molar-refractivity contribution >= 4 is 5.91 Å². The standard InChI is InChI=1S/C19H26N4O2/c1-21(2)14-19(25)8-3-11-22(12-9-19)18(24)16-4-6-17(7-5-16)23-13-10-20-15-23/h4-7,10,13,15,25H,3,8-9,11-12,14H2,1-2H3. The van der Waals surface area contributed by atoms with Gasteiger partial charge in [-0.05, 0) is 57.6 Å². The number of hydrogen-bond donors (Lipinski definition) is 1. The predicted molar refractivity (Wildman–Crippen MR) is 96.8 cm³/mol. The van der Waals surface area contributed by atoms with Crippen molar-refractivity contribution in [3.63, 3.8) is 0 Å². The van der Waals surface area contributed by atoms with E-state index in [2.05, 4.69) is 4.98 Å². The Hall–Kier alpha value is -2.18. The number of rotatable bonds is 4. The lowest BCUT2D eigenvalue weighted by Crippen LogP contribution is -2.41. The molecule has 1 aliphatic rings. The Bertz CT molecular complexity index is 697. The number of aliphatic hydroxyl groups is 1. The summed E-state index contributed by atoms with van der Waals surface area (Å²) in [4.78, 5) is 20.7. The van der Waals surface area contributed by atoms with Crippen LogP contribution in [0.1, 0.15) is 29.6 Å². The molecule has 1 N–H and O–H groups in total. The molecule has 3 rings (SSSR count). The van der Waals surface area contributed by atoms with Gasteiger partial charge in [-0.15, -0.1) is 0 Å². The molecule has 1 unspecified atom stereocenters. The average Bonchev–Trinajstić information content (AvgIpc) is 3.05. The lowest BCUT2D eigenvalue weighted by Gasteiger charge is -2.30. The van der Waals surface area contributed by atoms with Gasteiger partial charge >= 0.3 is 0 Å². The number of carbonyl (C=O) groups is 1. The number of benzene rings is 1. The summed E-state index contributed by atoms with van der Waals surface area (Å²) in [6.07, 6.45) is 7.50. The second-order valence-corrected chi connectivity index (χ2v) is 7.12. The van der Waals surface area contributed by atoms with E-state index in [0.29, 0.717) is 31.6 Å². The molecule has 1 saturated heterocycles. The zero-order valence-electron chi connectivity index (χ0n) is 14.9. The zero-order chi connectivity index (χ0) is 17.9. The summed E-state index contributed by atoms with van der Waals surface area (Å²) < 4.78 is 1.90. The maximum atomic E-state index is 12.8. The van der Waals surface area contributed by atoms with Crippen LogP contribution >= 0.6 is 0 Å². The van der Waals surface area contributed by atoms with Crippen molar-refractivity contribution in [2.75, 3.05) is 33.7 Å². The largest absolute Gasteiger partial charge is 0.388 e. The van der Waals surface area contributed by atoms with Gasteiger partial charge in [0.2, 0.25) is 0 Å². The third-order valence-corrected chi connectivity index (χ3v) is 4.73. The van der Waals surface area contributed by atoms with E-state index in [1.165, 1.54) is 0 Å². The number of aromatic nitrogens is 2. The molecule has 0 radical (unpaired) electrons. The minimum atomic E-state index is -0.705. The number of imidazole rings is 1. The van der Waals surface area contributed by atoms with E-state index < -0.39 is 5.60 Å². The van der Waals surface area contributed by atoms with Gasteiger partial charge in [-0.1, -0.05) is 0 Å². The van der Waals surface area contributed by atoms with Gasteiger partial charge in [0.25, 0.3) is 5.91 Å². The van der Waals surface area contributed by atoms with E-state index in [-0.39, 0.29) is 5.91 Å². The molecule has 1 aliphatic heterocycles. The van der Waals surface area contributed by atoms with Crippen LogP contribution in [-0.2, 0) is 0 Å². The lowest BCUT2D eigenvalue weighted by molar-refractivity contribution is 0.00305. The molecule has 134 valence electrons. The Morgan fingerprint density at radius 1 is 1.24 bits per heavy atom. The van der Waals surface area contributed by atoms with Crippen molar-refractivity contribution in [3.05, 3.63) is 48.5 Å². The van der Waals surface area contributed by atoms with Gasteiger partial charge in [0.15, 0.2) is 0 Å². The molecule has 0 spiro atoms. The molecule has 1 fully saturated rings. The summed E-state index contributed by atoms with van der Waals surface area (Å²) in [5, 5.41) is 10.7. The van der Waals surface area contributed by atoms with Gasteiger partial charge in [0, 0.05) is 43.3 Å². The van der Waals surface area contributed by atoms with Crippen LogP contribution in [0.3, 0.4) is 0 Å². The molecule has 2 aromatic rings. The first-order chi connectivity index (χ1) is 12.0. The van der Waals surface area contributed by atoms with E-state index in [0.717, 1.165) is 18.5 Å². The first-order valence-corrected chi connectivity index (χ1v) is 8.72. The second kappa shape index (κ2) is 7.37. The van der Waals surface area contributed by atoms with Crippen molar-refractivity contribution in [1.82, 2.24) is 19.4 Å². The van der Waals surface area contributed by atoms with Gasteiger partial charge in [0.05, 0.1) is 11.9 Å². The number of likely N-dealkylation sites (N-methyl/N-ethyl adjacent to an activating group) is 1. The normalized spacial score (nSPS) is 21.4. The van der Waals surface area contributed by atoms with Crippen molar-refractivity contribution in [2.24, 2.45) is 0 Å². The van der Waals surface area contributed by atoms with E-state index in [1.54, 1.807) is 12.5 Å². The van der Waals surface area contributed by atoms with Crippen LogP contribution in [0.2, 0.25) is 0 Å². The molecule has 1 aromatic carbocycles. The number of nitrogens with zero attached hydrogens (tertiary/aromatic N) is 4. The number of likely N-dealkylation sites (tertiary alicyclic amines) is 1. The maximum Gasteiger partial charge on any atom is 0.253 e. The zero-order valence-corrected chi connectivity index (χ0v) is 14.9. The Morgan fingerprint density at radius 2 is 2.00 bits per heavy atom. The van der Waals surface area contributed by atoms with E-state index in [9.17, 15) is 9.90 Å². The fraction of sp³-hybridized carbons (Fsp3) is 0.474. The summed E-state index contributed by atoms with van der Waals surface area (Å²) in [7, 11) is 3.93. The van der Waals surface area contributed by atoms with Gasteiger partial charge in [-0.25, -0.2) is 4.98 Å². The number of amides is 1. The molecule has 0 aliphatic carbocycles. The Balaban J connectivity index is 1.67. The molecule has 1 atom stereocenters. The quantitative estimate of drug-likeness (QED) is 0.920. The summed E-state index contributed by atoms with van der Waals surface area (Å²) >= 11 is 0. The van der Waals surface area contributed by atoms with Crippen molar-refractivity contribution in [2.45, 2.75) is 24.9 Å². The van der Waals surface area contributed by atoms with Crippen LogP contribution in [0.15, 0.2) is 43.0 Å². The molecule has 1 aromatic heterocycles. The highest BCUT2D eigenvalue weighted by Gasteiger charge is 2.32. The van der Waals surface area contributed by atoms with Crippen molar-refractivity contribution in [1.29, 1.82) is 0 Å². The SMILES string of the molecule is CN(C)CC1(O)CCCN(C(=O)c2ccc(-n3ccnc3)cc2)CC1. The topological polar surface area (TPSA) is 61.6 Å². The molecule has 1 amide bonds. The van der Waals surface area contributed by atoms with E-state index in [4.69, 9.17) is 0 Å².